The van der Waals surface area contributed by atoms with Crippen LogP contribution in [0.4, 0.5) is 0 Å². The zero-order chi connectivity index (χ0) is 15.7. The molecule has 6 nitrogen and oxygen atoms in total. The number of nitrogens with two attached hydrogens (primary N) is 1. The van der Waals surface area contributed by atoms with Gasteiger partial charge in [0.15, 0.2) is 11.5 Å². The molecule has 0 radical (unpaired) electrons. The van der Waals surface area contributed by atoms with E-state index in [1.165, 1.54) is 23.9 Å². The number of hydrogen-bond acceptors (Lipinski definition) is 5. The second-order valence-corrected chi connectivity index (χ2v) is 4.95. The SMILES string of the molecule is COCCn1ccc(C(=O)CCCCCCN)c(O)c1=O. The maximum atomic E-state index is 12.0. The van der Waals surface area contributed by atoms with E-state index in [1.54, 1.807) is 0 Å². The van der Waals surface area contributed by atoms with E-state index in [9.17, 15) is 14.7 Å². The molecule has 0 saturated heterocycles. The number of nitrogens with zero attached hydrogens (tertiary/aromatic N) is 1. The minimum atomic E-state index is -0.555. The van der Waals surface area contributed by atoms with Crippen LogP contribution in [-0.2, 0) is 11.3 Å². The summed E-state index contributed by atoms with van der Waals surface area (Å²) in [6.07, 6.45) is 5.46. The van der Waals surface area contributed by atoms with Gasteiger partial charge in [0.2, 0.25) is 0 Å². The number of ether oxygens (including phenoxy) is 1. The largest absolute Gasteiger partial charge is 0.503 e. The molecule has 1 aromatic heterocycles. The highest BCUT2D eigenvalue weighted by atomic mass is 16.5. The van der Waals surface area contributed by atoms with Gasteiger partial charge in [0.25, 0.3) is 5.56 Å². The second kappa shape index (κ2) is 9.31. The molecule has 0 aromatic carbocycles. The minimum absolute atomic E-state index is 0.104. The fourth-order valence-electron chi connectivity index (χ4n) is 2.07. The lowest BCUT2D eigenvalue weighted by Gasteiger charge is -2.08. The van der Waals surface area contributed by atoms with Crippen LogP contribution in [0.5, 0.6) is 5.75 Å². The Labute approximate surface area is 124 Å². The summed E-state index contributed by atoms with van der Waals surface area (Å²) in [4.78, 5) is 23.9. The van der Waals surface area contributed by atoms with Gasteiger partial charge in [-0.3, -0.25) is 9.59 Å². The first kappa shape index (κ1) is 17.4. The molecule has 0 aliphatic rings. The molecule has 0 bridgehead atoms. The Bertz CT molecular complexity index is 511. The monoisotopic (exact) mass is 296 g/mol. The van der Waals surface area contributed by atoms with Crippen LogP contribution in [0.15, 0.2) is 17.1 Å². The molecular formula is C15H24N2O4. The third-order valence-electron chi connectivity index (χ3n) is 3.33. The zero-order valence-electron chi connectivity index (χ0n) is 12.5. The average Bonchev–Trinajstić information content (AvgIpc) is 2.48. The number of unbranched alkanes of at least 4 members (excludes halogenated alkanes) is 3. The number of aromatic nitrogens is 1. The average molecular weight is 296 g/mol. The van der Waals surface area contributed by atoms with Gasteiger partial charge < -0.3 is 20.1 Å². The van der Waals surface area contributed by atoms with Crippen molar-refractivity contribution in [1.29, 1.82) is 0 Å². The van der Waals surface area contributed by atoms with Crippen molar-refractivity contribution in [3.63, 3.8) is 0 Å². The molecule has 0 atom stereocenters. The molecule has 0 unspecified atom stereocenters. The number of hydrogen-bond donors (Lipinski definition) is 2. The van der Waals surface area contributed by atoms with Gasteiger partial charge in [-0.1, -0.05) is 12.8 Å². The topological polar surface area (TPSA) is 94.6 Å². The van der Waals surface area contributed by atoms with E-state index in [0.29, 0.717) is 26.1 Å². The summed E-state index contributed by atoms with van der Waals surface area (Å²) >= 11 is 0. The number of rotatable bonds is 10. The van der Waals surface area contributed by atoms with Crippen molar-refractivity contribution in [3.8, 4) is 5.75 Å². The van der Waals surface area contributed by atoms with Crippen molar-refractivity contribution in [2.45, 2.75) is 38.6 Å². The summed E-state index contributed by atoms with van der Waals surface area (Å²) in [6, 6.07) is 1.49. The number of methoxy groups -OCH3 is 1. The predicted molar refractivity (Wildman–Crippen MR) is 80.7 cm³/mol. The van der Waals surface area contributed by atoms with Crippen molar-refractivity contribution in [2.24, 2.45) is 5.73 Å². The van der Waals surface area contributed by atoms with Gasteiger partial charge in [0.05, 0.1) is 12.2 Å². The molecular weight excluding hydrogens is 272 g/mol. The summed E-state index contributed by atoms with van der Waals surface area (Å²) in [7, 11) is 1.54. The molecule has 1 heterocycles. The summed E-state index contributed by atoms with van der Waals surface area (Å²) in [5, 5.41) is 9.88. The Morgan fingerprint density at radius 3 is 2.71 bits per heavy atom. The molecule has 118 valence electrons. The lowest BCUT2D eigenvalue weighted by Crippen LogP contribution is -2.23. The minimum Gasteiger partial charge on any atom is -0.503 e. The highest BCUT2D eigenvalue weighted by Gasteiger charge is 2.15. The second-order valence-electron chi connectivity index (χ2n) is 4.95. The molecule has 6 heteroatoms. The molecule has 0 amide bonds. The Kier molecular flexibility index (Phi) is 7.71. The fraction of sp³-hybridized carbons (Fsp3) is 0.600. The van der Waals surface area contributed by atoms with E-state index in [-0.39, 0.29) is 11.3 Å². The molecule has 0 fully saturated rings. The van der Waals surface area contributed by atoms with Gasteiger partial charge in [0.1, 0.15) is 0 Å². The highest BCUT2D eigenvalue weighted by Crippen LogP contribution is 2.15. The van der Waals surface area contributed by atoms with E-state index in [2.05, 4.69) is 0 Å². The Hall–Kier alpha value is -1.66. The first-order chi connectivity index (χ1) is 10.1. The quantitative estimate of drug-likeness (QED) is 0.501. The first-order valence-corrected chi connectivity index (χ1v) is 7.26. The Morgan fingerprint density at radius 2 is 2.05 bits per heavy atom. The van der Waals surface area contributed by atoms with E-state index in [0.717, 1.165) is 25.7 Å². The van der Waals surface area contributed by atoms with Crippen LogP contribution in [0.2, 0.25) is 0 Å². The third-order valence-corrected chi connectivity index (χ3v) is 3.33. The van der Waals surface area contributed by atoms with Gasteiger partial charge >= 0.3 is 0 Å². The summed E-state index contributed by atoms with van der Waals surface area (Å²) in [6.45, 7) is 1.37. The normalized spacial score (nSPS) is 10.8. The number of carbonyl (C=O) groups is 1. The van der Waals surface area contributed by atoms with Gasteiger partial charge in [0, 0.05) is 26.3 Å². The van der Waals surface area contributed by atoms with Crippen LogP contribution in [0.3, 0.4) is 0 Å². The maximum Gasteiger partial charge on any atom is 0.293 e. The zero-order valence-corrected chi connectivity index (χ0v) is 12.5. The van der Waals surface area contributed by atoms with Crippen LogP contribution in [0.25, 0.3) is 0 Å². The van der Waals surface area contributed by atoms with E-state index < -0.39 is 11.3 Å². The van der Waals surface area contributed by atoms with Crippen molar-refractivity contribution in [1.82, 2.24) is 4.57 Å². The third kappa shape index (κ3) is 5.32. The number of ketones is 1. The Balaban J connectivity index is 2.64. The molecule has 0 aliphatic carbocycles. The van der Waals surface area contributed by atoms with Crippen molar-refractivity contribution in [3.05, 3.63) is 28.2 Å². The van der Waals surface area contributed by atoms with Gasteiger partial charge in [-0.15, -0.1) is 0 Å². The maximum absolute atomic E-state index is 12.0. The molecule has 3 N–H and O–H groups in total. The summed E-state index contributed by atoms with van der Waals surface area (Å²) in [5.41, 5.74) is 4.95. The number of pyridine rings is 1. The standard InChI is InChI=1S/C15H24N2O4/c1-21-11-10-17-9-7-12(14(19)15(17)20)13(18)6-4-2-3-5-8-16/h7,9,19H,2-6,8,10-11,16H2,1H3. The summed E-state index contributed by atoms with van der Waals surface area (Å²) in [5.74, 6) is -0.670. The van der Waals surface area contributed by atoms with Gasteiger partial charge in [-0.05, 0) is 25.5 Å². The Morgan fingerprint density at radius 1 is 1.33 bits per heavy atom. The lowest BCUT2D eigenvalue weighted by atomic mass is 10.0. The van der Waals surface area contributed by atoms with Crippen LogP contribution < -0.4 is 11.3 Å². The van der Waals surface area contributed by atoms with Gasteiger partial charge in [-0.25, -0.2) is 0 Å². The van der Waals surface area contributed by atoms with Crippen LogP contribution in [0.1, 0.15) is 42.5 Å². The smallest absolute Gasteiger partial charge is 0.293 e. The number of aromatic hydroxyl groups is 1. The highest BCUT2D eigenvalue weighted by molar-refractivity contribution is 5.98. The van der Waals surface area contributed by atoms with Crippen LogP contribution >= 0.6 is 0 Å². The van der Waals surface area contributed by atoms with Crippen molar-refractivity contribution >= 4 is 5.78 Å². The number of Topliss-reactive ketones (excluding diaryl/α,β-unsaturated/α-hetero) is 1. The molecule has 1 aromatic rings. The van der Waals surface area contributed by atoms with E-state index >= 15 is 0 Å². The molecule has 0 saturated carbocycles. The predicted octanol–water partition coefficient (Wildman–Crippen LogP) is 1.29. The van der Waals surface area contributed by atoms with E-state index in [1.807, 2.05) is 0 Å². The molecule has 0 aliphatic heterocycles. The van der Waals surface area contributed by atoms with E-state index in [4.69, 9.17) is 10.5 Å². The summed E-state index contributed by atoms with van der Waals surface area (Å²) < 4.78 is 6.22. The fourth-order valence-corrected chi connectivity index (χ4v) is 2.07. The molecule has 1 rings (SSSR count). The van der Waals surface area contributed by atoms with Crippen molar-refractivity contribution in [2.75, 3.05) is 20.3 Å². The molecule has 21 heavy (non-hydrogen) atoms. The number of carbonyl (C=O) groups excluding carboxylic acids is 1. The van der Waals surface area contributed by atoms with Crippen molar-refractivity contribution < 1.29 is 14.6 Å². The first-order valence-electron chi connectivity index (χ1n) is 7.26. The van der Waals surface area contributed by atoms with Crippen LogP contribution in [0, 0.1) is 0 Å². The molecule has 0 spiro atoms. The van der Waals surface area contributed by atoms with Gasteiger partial charge in [-0.2, -0.15) is 0 Å². The lowest BCUT2D eigenvalue weighted by molar-refractivity contribution is 0.0976. The van der Waals surface area contributed by atoms with Crippen LogP contribution in [-0.4, -0.2) is 35.7 Å².